The van der Waals surface area contributed by atoms with Crippen LogP contribution >= 0.6 is 0 Å². The lowest BCUT2D eigenvalue weighted by Gasteiger charge is -2.64. The van der Waals surface area contributed by atoms with Crippen LogP contribution < -0.4 is 0 Å². The summed E-state index contributed by atoms with van der Waals surface area (Å²) < 4.78 is 30.0. The second-order valence-electron chi connectivity index (χ2n) is 10.5. The number of carbonyl (C=O) groups excluding carboxylic acids is 2. The van der Waals surface area contributed by atoms with Gasteiger partial charge in [0.25, 0.3) is 0 Å². The van der Waals surface area contributed by atoms with Crippen LogP contribution in [0, 0.1) is 28.6 Å². The Kier molecular flexibility index (Phi) is 4.94. The average molecular weight is 435 g/mol. The smallest absolute Gasteiger partial charge is 0.302 e. The van der Waals surface area contributed by atoms with Crippen molar-refractivity contribution in [3.05, 3.63) is 12.3 Å². The van der Waals surface area contributed by atoms with Crippen LogP contribution in [0.3, 0.4) is 0 Å². The number of hydrogen-bond acceptors (Lipinski definition) is 7. The van der Waals surface area contributed by atoms with Crippen molar-refractivity contribution in [2.24, 2.45) is 28.6 Å². The van der Waals surface area contributed by atoms with E-state index in [-0.39, 0.29) is 60.2 Å². The predicted molar refractivity (Wildman–Crippen MR) is 110 cm³/mol. The molecule has 4 fully saturated rings. The van der Waals surface area contributed by atoms with Gasteiger partial charge in [-0.3, -0.25) is 9.59 Å². The zero-order chi connectivity index (χ0) is 22.0. The van der Waals surface area contributed by atoms with E-state index in [2.05, 4.69) is 19.9 Å². The number of esters is 2. The van der Waals surface area contributed by atoms with Crippen LogP contribution in [0.5, 0.6) is 0 Å². The van der Waals surface area contributed by atoms with Gasteiger partial charge >= 0.3 is 11.9 Å². The molecule has 0 aromatic heterocycles. The van der Waals surface area contributed by atoms with E-state index < -0.39 is 11.0 Å². The maximum absolute atomic E-state index is 12.1. The highest BCUT2D eigenvalue weighted by Gasteiger charge is 2.76. The largest absolute Gasteiger partial charge is 0.472 e. The molecule has 2 saturated carbocycles. The Morgan fingerprint density at radius 3 is 2.61 bits per heavy atom. The molecule has 5 aliphatic rings. The van der Waals surface area contributed by atoms with E-state index in [0.717, 1.165) is 25.7 Å². The molecule has 9 atom stereocenters. The SMILES string of the molecule is CC(=O)OC[C@]12[C@H](CCC[C@]13CO3)[C@](C)([C@@H]1C[C@H]3C=CO[C@H]3O1)[C@@H](C)C[C@H]2OC(C)=O. The van der Waals surface area contributed by atoms with Crippen LogP contribution in [0.15, 0.2) is 12.3 Å². The molecule has 5 rings (SSSR count). The van der Waals surface area contributed by atoms with Gasteiger partial charge in [0, 0.05) is 25.2 Å². The fourth-order valence-corrected chi connectivity index (χ4v) is 7.46. The van der Waals surface area contributed by atoms with Crippen molar-refractivity contribution >= 4 is 11.9 Å². The highest BCUT2D eigenvalue weighted by atomic mass is 16.7. The van der Waals surface area contributed by atoms with Crippen molar-refractivity contribution in [1.82, 2.24) is 0 Å². The van der Waals surface area contributed by atoms with Gasteiger partial charge in [0.15, 0.2) is 0 Å². The quantitative estimate of drug-likeness (QED) is 0.496. The van der Waals surface area contributed by atoms with Gasteiger partial charge < -0.3 is 23.7 Å². The summed E-state index contributed by atoms with van der Waals surface area (Å²) in [7, 11) is 0. The van der Waals surface area contributed by atoms with Gasteiger partial charge in [0.1, 0.15) is 18.3 Å². The van der Waals surface area contributed by atoms with E-state index in [9.17, 15) is 9.59 Å². The van der Waals surface area contributed by atoms with Gasteiger partial charge in [-0.05, 0) is 43.6 Å². The fraction of sp³-hybridized carbons (Fsp3) is 0.833. The topological polar surface area (TPSA) is 83.6 Å². The first-order chi connectivity index (χ1) is 14.7. The van der Waals surface area contributed by atoms with E-state index in [1.54, 1.807) is 6.26 Å². The van der Waals surface area contributed by atoms with E-state index in [1.165, 1.54) is 13.8 Å². The first-order valence-corrected chi connectivity index (χ1v) is 11.6. The Morgan fingerprint density at radius 2 is 1.97 bits per heavy atom. The van der Waals surface area contributed by atoms with Crippen LogP contribution in [0.25, 0.3) is 0 Å². The number of ether oxygens (including phenoxy) is 5. The summed E-state index contributed by atoms with van der Waals surface area (Å²) in [5, 5.41) is 0. The highest BCUT2D eigenvalue weighted by Crippen LogP contribution is 2.70. The maximum Gasteiger partial charge on any atom is 0.302 e. The first-order valence-electron chi connectivity index (χ1n) is 11.6. The van der Waals surface area contributed by atoms with E-state index in [1.807, 2.05) is 0 Å². The fourth-order valence-electron chi connectivity index (χ4n) is 7.46. The van der Waals surface area contributed by atoms with Gasteiger partial charge in [-0.1, -0.05) is 20.3 Å². The number of fused-ring (bicyclic) bond motifs is 3. The third-order valence-electron chi connectivity index (χ3n) is 9.18. The summed E-state index contributed by atoms with van der Waals surface area (Å²) in [6.07, 6.45) is 7.82. The molecular formula is C24H34O7. The molecule has 0 bridgehead atoms. The molecule has 0 N–H and O–H groups in total. The minimum Gasteiger partial charge on any atom is -0.472 e. The van der Waals surface area contributed by atoms with Crippen molar-refractivity contribution < 1.29 is 33.3 Å². The van der Waals surface area contributed by atoms with Crippen molar-refractivity contribution in [2.45, 2.75) is 83.9 Å². The highest BCUT2D eigenvalue weighted by molar-refractivity contribution is 5.67. The normalized spacial score (nSPS) is 49.8. The van der Waals surface area contributed by atoms with Crippen LogP contribution in [0.4, 0.5) is 0 Å². The zero-order valence-corrected chi connectivity index (χ0v) is 18.9. The number of rotatable bonds is 4. The molecule has 3 heterocycles. The minimum absolute atomic E-state index is 0.0244. The molecule has 0 aromatic rings. The van der Waals surface area contributed by atoms with Crippen LogP contribution in [0.1, 0.15) is 59.8 Å². The first kappa shape index (κ1) is 21.3. The average Bonchev–Trinajstić information content (AvgIpc) is 3.15. The van der Waals surface area contributed by atoms with Gasteiger partial charge in [-0.15, -0.1) is 0 Å². The molecule has 2 saturated heterocycles. The number of carbonyl (C=O) groups is 2. The Balaban J connectivity index is 1.58. The molecular weight excluding hydrogens is 400 g/mol. The number of hydrogen-bond donors (Lipinski definition) is 0. The van der Waals surface area contributed by atoms with Gasteiger partial charge in [-0.25, -0.2) is 0 Å². The molecule has 0 aromatic carbocycles. The van der Waals surface area contributed by atoms with E-state index in [0.29, 0.717) is 13.0 Å². The summed E-state index contributed by atoms with van der Waals surface area (Å²) >= 11 is 0. The standard InChI is InChI=1S/C24H34O7/c1-14-10-20(30-16(3)26)24(13-28-15(2)25)18(6-5-8-23(24)12-29-23)22(14,4)19-11-17-7-9-27-21(17)31-19/h7,9,14,17-21H,5-6,8,10-13H2,1-4H3/t14-,17+,18+,19-,20+,21-,22+,23-,24+/m0/s1. The monoisotopic (exact) mass is 434 g/mol. The minimum atomic E-state index is -0.568. The third-order valence-corrected chi connectivity index (χ3v) is 9.18. The molecule has 0 unspecified atom stereocenters. The Bertz CT molecular complexity index is 789. The molecule has 172 valence electrons. The Hall–Kier alpha value is -1.60. The Labute approximate surface area is 183 Å². The second-order valence-corrected chi connectivity index (χ2v) is 10.5. The summed E-state index contributed by atoms with van der Waals surface area (Å²) in [6, 6.07) is 0. The van der Waals surface area contributed by atoms with Crippen molar-refractivity contribution in [3.8, 4) is 0 Å². The Morgan fingerprint density at radius 1 is 1.19 bits per heavy atom. The summed E-state index contributed by atoms with van der Waals surface area (Å²) in [5.41, 5.74) is -1.16. The number of epoxide rings is 1. The zero-order valence-electron chi connectivity index (χ0n) is 18.9. The van der Waals surface area contributed by atoms with Gasteiger partial charge in [0.05, 0.1) is 24.4 Å². The molecule has 7 nitrogen and oxygen atoms in total. The van der Waals surface area contributed by atoms with Gasteiger partial charge in [-0.2, -0.15) is 0 Å². The van der Waals surface area contributed by atoms with Crippen LogP contribution in [-0.2, 0) is 33.3 Å². The second kappa shape index (κ2) is 7.20. The van der Waals surface area contributed by atoms with E-state index >= 15 is 0 Å². The lowest BCUT2D eigenvalue weighted by atomic mass is 9.42. The van der Waals surface area contributed by atoms with E-state index in [4.69, 9.17) is 23.7 Å². The van der Waals surface area contributed by atoms with Crippen LogP contribution in [0.2, 0.25) is 0 Å². The lowest BCUT2D eigenvalue weighted by Crippen LogP contribution is -2.69. The van der Waals surface area contributed by atoms with Crippen LogP contribution in [-0.4, -0.2) is 49.3 Å². The molecule has 3 aliphatic heterocycles. The summed E-state index contributed by atoms with van der Waals surface area (Å²) in [6.45, 7) is 8.30. The molecule has 0 radical (unpaired) electrons. The van der Waals surface area contributed by atoms with Crippen molar-refractivity contribution in [1.29, 1.82) is 0 Å². The molecule has 2 aliphatic carbocycles. The molecule has 1 spiro atoms. The van der Waals surface area contributed by atoms with Gasteiger partial charge in [0.2, 0.25) is 6.29 Å². The summed E-state index contributed by atoms with van der Waals surface area (Å²) in [5.74, 6) is 0.0539. The molecule has 31 heavy (non-hydrogen) atoms. The summed E-state index contributed by atoms with van der Waals surface area (Å²) in [4.78, 5) is 24.0. The van der Waals surface area contributed by atoms with Crippen molar-refractivity contribution in [3.63, 3.8) is 0 Å². The lowest BCUT2D eigenvalue weighted by molar-refractivity contribution is -0.253. The predicted octanol–water partition coefficient (Wildman–Crippen LogP) is 3.36. The third kappa shape index (κ3) is 2.99. The molecule has 0 amide bonds. The molecule has 7 heteroatoms. The maximum atomic E-state index is 12.1. The van der Waals surface area contributed by atoms with Crippen molar-refractivity contribution in [2.75, 3.05) is 13.2 Å².